The molecule has 2 aliphatic heterocycles. The van der Waals surface area contributed by atoms with Gasteiger partial charge in [-0.3, -0.25) is 33.7 Å². The minimum atomic E-state index is -5.03. The van der Waals surface area contributed by atoms with E-state index in [0.717, 1.165) is 27.8 Å². The maximum atomic E-state index is 15.7. The number of thiazole rings is 1. The summed E-state index contributed by atoms with van der Waals surface area (Å²) in [5.41, 5.74) is 0.991. The van der Waals surface area contributed by atoms with Crippen molar-refractivity contribution in [1.82, 2.24) is 35.7 Å². The van der Waals surface area contributed by atoms with Gasteiger partial charge in [-0.05, 0) is 93.1 Å². The molecular formula is C51H56F4N9O6S. The number of hydrogen-bond donors (Lipinski definition) is 5. The molecule has 4 atom stereocenters. The van der Waals surface area contributed by atoms with Crippen LogP contribution in [0.3, 0.4) is 0 Å². The Kier molecular flexibility index (Phi) is 15.5. The summed E-state index contributed by atoms with van der Waals surface area (Å²) >= 11 is 1.55. The standard InChI is InChI=1S/C51H56F4N9O6S/c1-28-25-63(26-29(2)62(28)7)40-17-15-33(20-39(40)60-47(68)36-23-56-42(65)21-37(36)51(53,54)55)35-19-34(14-16-38(35)52)46(67)58-24-43(66)61-45(50(4,5)6)49(70)64-18-8-9-41(64)48(69)57-22-31-10-12-32(13-11-31)44-30(3)59-27-71-44/h8,10-17,19-21,23,27-29,41,45H,9,18,22,24-26H2,1-7H3,(H,56,65)(H,57,69)(H,58,67)(H,60,68)(H,61,66)/t28-,29+,41-,45+/m0/s1. The van der Waals surface area contributed by atoms with Crippen LogP contribution >= 0.6 is 11.3 Å². The van der Waals surface area contributed by atoms with Crippen LogP contribution in [0.1, 0.15) is 78.6 Å². The molecule has 2 aromatic heterocycles. The molecule has 375 valence electrons. The predicted molar refractivity (Wildman–Crippen MR) is 263 cm³/mol. The van der Waals surface area contributed by atoms with Crippen LogP contribution in [0.15, 0.2) is 83.2 Å². The number of pyridine rings is 1. The maximum absolute atomic E-state index is 15.7. The lowest BCUT2D eigenvalue weighted by Crippen LogP contribution is -2.58. The molecule has 20 heteroatoms. The molecule has 2 saturated heterocycles. The summed E-state index contributed by atoms with van der Waals surface area (Å²) in [6.45, 7) is 12.1. The molecule has 0 aliphatic carbocycles. The molecule has 5 aromatic rings. The van der Waals surface area contributed by atoms with Crippen molar-refractivity contribution in [3.63, 3.8) is 0 Å². The Hall–Kier alpha value is -6.93. The van der Waals surface area contributed by atoms with Crippen LogP contribution in [-0.4, -0.2) is 107 Å². The number of nitrogens with zero attached hydrogens (tertiary/aromatic N) is 4. The van der Waals surface area contributed by atoms with Gasteiger partial charge in [0, 0.05) is 61.7 Å². The lowest BCUT2D eigenvalue weighted by atomic mass is 9.85. The van der Waals surface area contributed by atoms with Crippen molar-refractivity contribution in [1.29, 1.82) is 0 Å². The van der Waals surface area contributed by atoms with Gasteiger partial charge in [-0.25, -0.2) is 9.37 Å². The van der Waals surface area contributed by atoms with Crippen molar-refractivity contribution < 1.29 is 41.5 Å². The minimum absolute atomic E-state index is 0.0438. The second kappa shape index (κ2) is 21.2. The number of benzene rings is 3. The average molecular weight is 999 g/mol. The zero-order chi connectivity index (χ0) is 51.5. The van der Waals surface area contributed by atoms with Gasteiger partial charge in [-0.2, -0.15) is 13.2 Å². The number of aryl methyl sites for hydroxylation is 1. The van der Waals surface area contributed by atoms with Gasteiger partial charge in [-0.1, -0.05) is 51.1 Å². The normalized spacial score (nSPS) is 17.9. The van der Waals surface area contributed by atoms with Crippen LogP contribution in [0.25, 0.3) is 21.6 Å². The number of anilines is 2. The third-order valence-electron chi connectivity index (χ3n) is 12.9. The fourth-order valence-corrected chi connectivity index (χ4v) is 9.53. The van der Waals surface area contributed by atoms with E-state index in [-0.39, 0.29) is 53.5 Å². The van der Waals surface area contributed by atoms with Gasteiger partial charge in [0.15, 0.2) is 0 Å². The number of piperazine rings is 1. The van der Waals surface area contributed by atoms with Crippen molar-refractivity contribution in [2.75, 3.05) is 43.4 Å². The monoisotopic (exact) mass is 998 g/mol. The Labute approximate surface area is 412 Å². The summed E-state index contributed by atoms with van der Waals surface area (Å²) in [6.07, 6.45) is -2.20. The minimum Gasteiger partial charge on any atom is -0.367 e. The molecule has 5 amide bonds. The molecule has 0 bridgehead atoms. The van der Waals surface area contributed by atoms with Crippen molar-refractivity contribution >= 4 is 52.2 Å². The number of likely N-dealkylation sites (tertiary alicyclic amines) is 1. The Morgan fingerprint density at radius 3 is 2.24 bits per heavy atom. The Morgan fingerprint density at radius 1 is 0.901 bits per heavy atom. The molecule has 1 radical (unpaired) electrons. The van der Waals surface area contributed by atoms with E-state index >= 15 is 4.39 Å². The fraction of sp³-hybridized carbons (Fsp3) is 0.373. The second-order valence-corrected chi connectivity index (χ2v) is 19.9. The molecule has 0 unspecified atom stereocenters. The maximum Gasteiger partial charge on any atom is 0.417 e. The quantitative estimate of drug-likeness (QED) is 0.0792. The summed E-state index contributed by atoms with van der Waals surface area (Å²) in [6, 6.07) is 14.3. The summed E-state index contributed by atoms with van der Waals surface area (Å²) in [4.78, 5) is 93.2. The van der Waals surface area contributed by atoms with Crippen molar-refractivity contribution in [3.8, 4) is 21.6 Å². The van der Waals surface area contributed by atoms with Crippen LogP contribution in [0.4, 0.5) is 28.9 Å². The number of aromatic nitrogens is 2. The number of carbonyl (C=O) groups is 5. The number of carbonyl (C=O) groups excluding carboxylic acids is 5. The molecular weight excluding hydrogens is 943 g/mol. The molecule has 4 heterocycles. The van der Waals surface area contributed by atoms with Crippen molar-refractivity contribution in [3.05, 3.63) is 129 Å². The highest BCUT2D eigenvalue weighted by Crippen LogP contribution is 2.37. The van der Waals surface area contributed by atoms with Gasteiger partial charge >= 0.3 is 6.18 Å². The van der Waals surface area contributed by atoms with Crippen molar-refractivity contribution in [2.24, 2.45) is 5.41 Å². The zero-order valence-electron chi connectivity index (χ0n) is 40.3. The summed E-state index contributed by atoms with van der Waals surface area (Å²) < 4.78 is 57.8. The highest BCUT2D eigenvalue weighted by Gasteiger charge is 2.42. The third kappa shape index (κ3) is 12.0. The van der Waals surface area contributed by atoms with E-state index in [4.69, 9.17) is 0 Å². The van der Waals surface area contributed by atoms with Crippen LogP contribution in [0.2, 0.25) is 0 Å². The number of halogens is 4. The lowest BCUT2D eigenvalue weighted by molar-refractivity contribution is -0.143. The first-order chi connectivity index (χ1) is 33.5. The number of amides is 5. The summed E-state index contributed by atoms with van der Waals surface area (Å²) in [7, 11) is 1.97. The van der Waals surface area contributed by atoms with Gasteiger partial charge in [0.2, 0.25) is 23.3 Å². The molecule has 15 nitrogen and oxygen atoms in total. The summed E-state index contributed by atoms with van der Waals surface area (Å²) in [5.74, 6) is -4.22. The number of rotatable bonds is 13. The predicted octanol–water partition coefficient (Wildman–Crippen LogP) is 6.80. The Balaban J connectivity index is 1.03. The molecule has 5 N–H and O–H groups in total. The van der Waals surface area contributed by atoms with Gasteiger partial charge in [0.1, 0.15) is 17.9 Å². The first kappa shape index (κ1) is 51.9. The number of aromatic amines is 1. The molecule has 2 fully saturated rings. The zero-order valence-corrected chi connectivity index (χ0v) is 41.1. The van der Waals surface area contributed by atoms with E-state index in [1.54, 1.807) is 49.8 Å². The molecule has 0 saturated carbocycles. The Morgan fingerprint density at radius 2 is 1.59 bits per heavy atom. The molecule has 2 aliphatic rings. The van der Waals surface area contributed by atoms with Gasteiger partial charge in [0.25, 0.3) is 11.8 Å². The van der Waals surface area contributed by atoms with Crippen LogP contribution < -0.4 is 31.7 Å². The number of likely N-dealkylation sites (N-methyl/N-ethyl adjacent to an activating group) is 1. The number of alkyl halides is 3. The highest BCUT2D eigenvalue weighted by atomic mass is 32.1. The van der Waals surface area contributed by atoms with E-state index in [1.165, 1.54) is 23.1 Å². The van der Waals surface area contributed by atoms with E-state index in [1.807, 2.05) is 63.4 Å². The molecule has 71 heavy (non-hydrogen) atoms. The first-order valence-electron chi connectivity index (χ1n) is 23.0. The van der Waals surface area contributed by atoms with Crippen LogP contribution in [0, 0.1) is 24.6 Å². The van der Waals surface area contributed by atoms with E-state index in [2.05, 4.69) is 36.1 Å². The number of hydrogen-bond acceptors (Lipinski definition) is 10. The average Bonchev–Trinajstić information content (AvgIpc) is 4.00. The summed E-state index contributed by atoms with van der Waals surface area (Å²) in [5, 5.41) is 10.8. The Bertz CT molecular complexity index is 2870. The van der Waals surface area contributed by atoms with Gasteiger partial charge < -0.3 is 36.1 Å². The van der Waals surface area contributed by atoms with Gasteiger partial charge in [0.05, 0.1) is 45.1 Å². The molecule has 7 rings (SSSR count). The molecule has 0 spiro atoms. The topological polar surface area (TPSA) is 189 Å². The van der Waals surface area contributed by atoms with E-state index in [0.29, 0.717) is 37.5 Å². The fourth-order valence-electron chi connectivity index (χ4n) is 8.72. The SMILES string of the molecule is Cc1ncsc1-c1ccc(CNC(=O)[C@@H]2C[CH]CN2C(=O)[C@@H](NC(=O)CNC(=O)c2ccc(F)c(-c3ccc(N4C[C@@H](C)N(C)[C@@H](C)C4)c(NC(=O)c4c[nH]c(=O)cc4C(F)(F)F)c3)c2)C(C)(C)C)cc1. The second-order valence-electron chi connectivity index (χ2n) is 19.0. The van der Waals surface area contributed by atoms with Crippen LogP contribution in [0.5, 0.6) is 0 Å². The highest BCUT2D eigenvalue weighted by molar-refractivity contribution is 7.13. The van der Waals surface area contributed by atoms with Gasteiger partial charge in [-0.15, -0.1) is 11.3 Å². The third-order valence-corrected chi connectivity index (χ3v) is 13.9. The number of nitrogens with one attached hydrogen (secondary N) is 5. The van der Waals surface area contributed by atoms with Crippen molar-refractivity contribution in [2.45, 2.75) is 84.9 Å². The first-order valence-corrected chi connectivity index (χ1v) is 23.9. The van der Waals surface area contributed by atoms with Crippen LogP contribution in [-0.2, 0) is 27.1 Å². The molecule has 3 aromatic carbocycles. The largest absolute Gasteiger partial charge is 0.417 e. The smallest absolute Gasteiger partial charge is 0.367 e. The lowest BCUT2D eigenvalue weighted by Gasteiger charge is -2.44. The van der Waals surface area contributed by atoms with E-state index < -0.39 is 76.4 Å². The number of H-pyrrole nitrogens is 1. The van der Waals surface area contributed by atoms with E-state index in [9.17, 15) is 41.9 Å².